The van der Waals surface area contributed by atoms with Gasteiger partial charge in [0.15, 0.2) is 5.88 Å². The molecule has 0 spiro atoms. The van der Waals surface area contributed by atoms with Crippen molar-refractivity contribution in [2.24, 2.45) is 11.8 Å². The second-order valence-corrected chi connectivity index (χ2v) is 4.65. The number of rotatable bonds is 7. The van der Waals surface area contributed by atoms with E-state index in [2.05, 4.69) is 58.3 Å². The molecule has 0 fully saturated rings. The van der Waals surface area contributed by atoms with Crippen LogP contribution in [0.5, 0.6) is 0 Å². The Morgan fingerprint density at radius 2 is 1.69 bits per heavy atom. The summed E-state index contributed by atoms with van der Waals surface area (Å²) in [5.74, 6) is 2.43. The van der Waals surface area contributed by atoms with Crippen molar-refractivity contribution in [1.82, 2.24) is 5.32 Å². The molecule has 0 aromatic carbocycles. The Morgan fingerprint density at radius 1 is 1.12 bits per heavy atom. The lowest BCUT2D eigenvalue weighted by Crippen LogP contribution is -2.24. The van der Waals surface area contributed by atoms with Gasteiger partial charge in [0.05, 0.1) is 5.76 Å². The third-order valence-corrected chi connectivity index (χ3v) is 2.44. The Kier molecular flexibility index (Phi) is 6.63. The van der Waals surface area contributed by atoms with E-state index in [1.165, 1.54) is 0 Å². The Morgan fingerprint density at radius 3 is 2.12 bits per heavy atom. The standard InChI is InChI=1S/C14H25NO/c1-10(2)12(5)8-9-13(6)15-14(7)16-11(3)4/h8-10,12-13,15H,3,7H2,1-2,4-6H3/b9-8-. The largest absolute Gasteiger partial charge is 0.447 e. The molecule has 0 aliphatic carbocycles. The zero-order valence-electron chi connectivity index (χ0n) is 11.2. The smallest absolute Gasteiger partial charge is 0.186 e. The lowest BCUT2D eigenvalue weighted by atomic mass is 9.97. The number of ether oxygens (including phenoxy) is 1. The van der Waals surface area contributed by atoms with Gasteiger partial charge in [-0.2, -0.15) is 0 Å². The predicted molar refractivity (Wildman–Crippen MR) is 70.8 cm³/mol. The highest BCUT2D eigenvalue weighted by atomic mass is 16.5. The van der Waals surface area contributed by atoms with Crippen LogP contribution >= 0.6 is 0 Å². The molecule has 2 unspecified atom stereocenters. The fraction of sp³-hybridized carbons (Fsp3) is 0.571. The van der Waals surface area contributed by atoms with Crippen molar-refractivity contribution in [2.45, 2.75) is 40.7 Å². The molecule has 0 heterocycles. The molecule has 0 saturated heterocycles. The fourth-order valence-electron chi connectivity index (χ4n) is 1.11. The molecule has 0 aliphatic rings. The maximum atomic E-state index is 5.24. The summed E-state index contributed by atoms with van der Waals surface area (Å²) in [5.41, 5.74) is 0. The first-order valence-electron chi connectivity index (χ1n) is 5.80. The van der Waals surface area contributed by atoms with Gasteiger partial charge < -0.3 is 10.1 Å². The zero-order valence-corrected chi connectivity index (χ0v) is 11.2. The summed E-state index contributed by atoms with van der Waals surface area (Å²) in [6.07, 6.45) is 4.36. The number of hydrogen-bond acceptors (Lipinski definition) is 2. The molecular weight excluding hydrogens is 198 g/mol. The van der Waals surface area contributed by atoms with Crippen molar-refractivity contribution in [3.05, 3.63) is 37.0 Å². The molecule has 2 atom stereocenters. The molecule has 0 rings (SSSR count). The Hall–Kier alpha value is -1.18. The quantitative estimate of drug-likeness (QED) is 0.523. The van der Waals surface area contributed by atoms with E-state index in [0.29, 0.717) is 23.5 Å². The first-order chi connectivity index (χ1) is 7.32. The summed E-state index contributed by atoms with van der Waals surface area (Å²) in [7, 11) is 0. The van der Waals surface area contributed by atoms with Gasteiger partial charge in [0.25, 0.3) is 0 Å². The predicted octanol–water partition coefficient (Wildman–Crippen LogP) is 3.83. The van der Waals surface area contributed by atoms with Crippen LogP contribution in [0.1, 0.15) is 34.6 Å². The van der Waals surface area contributed by atoms with Crippen LogP contribution in [0, 0.1) is 11.8 Å². The van der Waals surface area contributed by atoms with E-state index >= 15 is 0 Å². The summed E-state index contributed by atoms with van der Waals surface area (Å²) in [5, 5.41) is 3.14. The molecule has 0 aromatic rings. The van der Waals surface area contributed by atoms with Gasteiger partial charge in [-0.25, -0.2) is 0 Å². The average Bonchev–Trinajstić information content (AvgIpc) is 2.12. The summed E-state index contributed by atoms with van der Waals surface area (Å²) >= 11 is 0. The van der Waals surface area contributed by atoms with E-state index in [1.807, 2.05) is 0 Å². The Labute approximate surface area is 100 Å². The van der Waals surface area contributed by atoms with Crippen molar-refractivity contribution < 1.29 is 4.74 Å². The van der Waals surface area contributed by atoms with Crippen molar-refractivity contribution in [2.75, 3.05) is 0 Å². The van der Waals surface area contributed by atoms with E-state index in [9.17, 15) is 0 Å². The van der Waals surface area contributed by atoms with Gasteiger partial charge in [-0.3, -0.25) is 0 Å². The van der Waals surface area contributed by atoms with E-state index < -0.39 is 0 Å². The molecule has 0 amide bonds. The van der Waals surface area contributed by atoms with Crippen molar-refractivity contribution in [3.8, 4) is 0 Å². The minimum Gasteiger partial charge on any atom is -0.447 e. The van der Waals surface area contributed by atoms with Crippen molar-refractivity contribution >= 4 is 0 Å². The highest BCUT2D eigenvalue weighted by molar-refractivity contribution is 4.99. The second kappa shape index (κ2) is 7.15. The maximum Gasteiger partial charge on any atom is 0.186 e. The summed E-state index contributed by atoms with van der Waals surface area (Å²) in [6, 6.07) is 0.216. The van der Waals surface area contributed by atoms with Crippen molar-refractivity contribution in [3.63, 3.8) is 0 Å². The first-order valence-corrected chi connectivity index (χ1v) is 5.80. The van der Waals surface area contributed by atoms with Gasteiger partial charge in [-0.05, 0) is 32.3 Å². The van der Waals surface area contributed by atoms with Gasteiger partial charge in [0.2, 0.25) is 0 Å². The Balaban J connectivity index is 4.03. The van der Waals surface area contributed by atoms with Gasteiger partial charge in [-0.1, -0.05) is 39.5 Å². The first kappa shape index (κ1) is 14.8. The van der Waals surface area contributed by atoms with Crippen LogP contribution in [0.15, 0.2) is 37.0 Å². The molecular formula is C14H25NO. The lowest BCUT2D eigenvalue weighted by molar-refractivity contribution is 0.275. The van der Waals surface area contributed by atoms with Gasteiger partial charge in [0.1, 0.15) is 0 Å². The summed E-state index contributed by atoms with van der Waals surface area (Å²) in [6.45, 7) is 17.9. The van der Waals surface area contributed by atoms with Crippen LogP contribution in [-0.4, -0.2) is 6.04 Å². The van der Waals surface area contributed by atoms with Crippen LogP contribution in [0.2, 0.25) is 0 Å². The third kappa shape index (κ3) is 7.16. The normalized spacial score (nSPS) is 14.9. The van der Waals surface area contributed by atoms with Crippen LogP contribution in [-0.2, 0) is 4.74 Å². The van der Waals surface area contributed by atoms with Crippen LogP contribution in [0.25, 0.3) is 0 Å². The minimum absolute atomic E-state index is 0.216. The maximum absolute atomic E-state index is 5.24. The van der Waals surface area contributed by atoms with E-state index in [0.717, 1.165) is 0 Å². The minimum atomic E-state index is 0.216. The molecule has 0 radical (unpaired) electrons. The monoisotopic (exact) mass is 223 g/mol. The second-order valence-electron chi connectivity index (χ2n) is 4.65. The highest BCUT2D eigenvalue weighted by Crippen LogP contribution is 2.11. The third-order valence-electron chi connectivity index (χ3n) is 2.44. The van der Waals surface area contributed by atoms with Crippen LogP contribution in [0.3, 0.4) is 0 Å². The van der Waals surface area contributed by atoms with Crippen LogP contribution < -0.4 is 5.32 Å². The number of hydrogen-bond donors (Lipinski definition) is 1. The fourth-order valence-corrected chi connectivity index (χ4v) is 1.11. The SMILES string of the molecule is C=C(C)OC(=C)NC(C)/C=C\C(C)C(C)C. The van der Waals surface area contributed by atoms with E-state index in [4.69, 9.17) is 4.74 Å². The van der Waals surface area contributed by atoms with E-state index in [1.54, 1.807) is 6.92 Å². The molecule has 0 aliphatic heterocycles. The van der Waals surface area contributed by atoms with E-state index in [-0.39, 0.29) is 6.04 Å². The zero-order chi connectivity index (χ0) is 12.7. The lowest BCUT2D eigenvalue weighted by Gasteiger charge is -2.16. The molecule has 2 nitrogen and oxygen atoms in total. The van der Waals surface area contributed by atoms with Gasteiger partial charge in [-0.15, -0.1) is 0 Å². The molecule has 0 saturated carbocycles. The Bertz CT molecular complexity index is 266. The molecule has 0 bridgehead atoms. The van der Waals surface area contributed by atoms with Gasteiger partial charge >= 0.3 is 0 Å². The summed E-state index contributed by atoms with van der Waals surface area (Å²) in [4.78, 5) is 0. The molecule has 2 heteroatoms. The molecule has 92 valence electrons. The molecule has 16 heavy (non-hydrogen) atoms. The summed E-state index contributed by atoms with van der Waals surface area (Å²) < 4.78 is 5.24. The average molecular weight is 223 g/mol. The molecule has 0 aromatic heterocycles. The molecule has 1 N–H and O–H groups in total. The van der Waals surface area contributed by atoms with Crippen LogP contribution in [0.4, 0.5) is 0 Å². The number of nitrogens with one attached hydrogen (secondary N) is 1. The highest BCUT2D eigenvalue weighted by Gasteiger charge is 2.04. The number of allylic oxidation sites excluding steroid dienone is 2. The topological polar surface area (TPSA) is 21.3 Å². The van der Waals surface area contributed by atoms with Gasteiger partial charge in [0, 0.05) is 6.04 Å². The van der Waals surface area contributed by atoms with Crippen molar-refractivity contribution in [1.29, 1.82) is 0 Å².